The molecule has 0 aliphatic carbocycles. The molecule has 2 amide bonds. The molecule has 0 spiro atoms. The van der Waals surface area contributed by atoms with Crippen molar-refractivity contribution >= 4 is 17.4 Å². The van der Waals surface area contributed by atoms with Crippen LogP contribution in [0.1, 0.15) is 11.1 Å². The van der Waals surface area contributed by atoms with E-state index in [1.165, 1.54) is 29.2 Å². The lowest BCUT2D eigenvalue weighted by Gasteiger charge is -2.29. The van der Waals surface area contributed by atoms with Crippen molar-refractivity contribution in [2.75, 3.05) is 33.1 Å². The number of carbonyl (C=O) groups is 2. The van der Waals surface area contributed by atoms with Gasteiger partial charge in [-0.2, -0.15) is 0 Å². The molecule has 3 aliphatic heterocycles. The van der Waals surface area contributed by atoms with E-state index in [0.29, 0.717) is 54.6 Å². The van der Waals surface area contributed by atoms with E-state index in [0.717, 1.165) is 5.56 Å². The second-order valence-electron chi connectivity index (χ2n) is 7.21. The van der Waals surface area contributed by atoms with Crippen LogP contribution < -0.4 is 9.47 Å². The van der Waals surface area contributed by atoms with Crippen molar-refractivity contribution in [2.45, 2.75) is 6.54 Å². The van der Waals surface area contributed by atoms with E-state index in [2.05, 4.69) is 0 Å². The molecular weight excluding hydrogens is 391 g/mol. The fourth-order valence-electron chi connectivity index (χ4n) is 3.89. The van der Waals surface area contributed by atoms with Crippen LogP contribution in [0, 0.1) is 5.82 Å². The molecule has 2 aromatic carbocycles. The zero-order chi connectivity index (χ0) is 20.7. The number of imide groups is 1. The fraction of sp³-hybridized carbons (Fsp3) is 0.273. The van der Waals surface area contributed by atoms with Gasteiger partial charge in [0.15, 0.2) is 11.5 Å². The molecule has 3 heterocycles. The zero-order valence-electron chi connectivity index (χ0n) is 16.1. The second-order valence-corrected chi connectivity index (χ2v) is 7.21. The van der Waals surface area contributed by atoms with Crippen LogP contribution in [-0.4, -0.2) is 54.7 Å². The summed E-state index contributed by atoms with van der Waals surface area (Å²) in [5.74, 6) is 0.0644. The van der Waals surface area contributed by atoms with E-state index < -0.39 is 11.7 Å². The lowest BCUT2D eigenvalue weighted by Crippen LogP contribution is -2.40. The largest absolute Gasteiger partial charge is 0.454 e. The van der Waals surface area contributed by atoms with Crippen molar-refractivity contribution in [2.24, 2.45) is 0 Å². The minimum Gasteiger partial charge on any atom is -0.454 e. The number of rotatable bonds is 4. The number of carbonyl (C=O) groups excluding carboxylic acids is 2. The van der Waals surface area contributed by atoms with Gasteiger partial charge < -0.3 is 19.1 Å². The Labute approximate surface area is 172 Å². The Kier molecular flexibility index (Phi) is 4.63. The van der Waals surface area contributed by atoms with Gasteiger partial charge >= 0.3 is 0 Å². The number of hydrogen-bond donors (Lipinski definition) is 0. The molecule has 0 N–H and O–H groups in total. The van der Waals surface area contributed by atoms with Crippen molar-refractivity contribution in [3.8, 4) is 11.5 Å². The number of hydrogen-bond acceptors (Lipinski definition) is 6. The van der Waals surface area contributed by atoms with E-state index >= 15 is 0 Å². The van der Waals surface area contributed by atoms with Crippen LogP contribution in [0.3, 0.4) is 0 Å². The number of morpholine rings is 1. The zero-order valence-corrected chi connectivity index (χ0v) is 16.1. The fourth-order valence-corrected chi connectivity index (χ4v) is 3.89. The molecule has 1 saturated heterocycles. The highest BCUT2D eigenvalue weighted by atomic mass is 19.1. The number of nitrogens with zero attached hydrogens (tertiary/aromatic N) is 2. The summed E-state index contributed by atoms with van der Waals surface area (Å²) in [6, 6.07) is 11.0. The highest BCUT2D eigenvalue weighted by molar-refractivity contribution is 6.35. The van der Waals surface area contributed by atoms with Crippen LogP contribution in [-0.2, 0) is 20.9 Å². The number of benzene rings is 2. The normalized spacial score (nSPS) is 18.6. The van der Waals surface area contributed by atoms with Gasteiger partial charge in [-0.05, 0) is 35.4 Å². The van der Waals surface area contributed by atoms with Gasteiger partial charge in [-0.15, -0.1) is 0 Å². The third-order valence-corrected chi connectivity index (χ3v) is 5.38. The first kappa shape index (κ1) is 18.6. The second kappa shape index (κ2) is 7.46. The lowest BCUT2D eigenvalue weighted by atomic mass is 10.0. The molecule has 30 heavy (non-hydrogen) atoms. The molecule has 2 aromatic rings. The highest BCUT2D eigenvalue weighted by Gasteiger charge is 2.42. The monoisotopic (exact) mass is 410 g/mol. The Balaban J connectivity index is 1.50. The van der Waals surface area contributed by atoms with Gasteiger partial charge in [-0.3, -0.25) is 14.5 Å². The van der Waals surface area contributed by atoms with Crippen LogP contribution in [0.15, 0.2) is 48.2 Å². The van der Waals surface area contributed by atoms with E-state index in [4.69, 9.17) is 14.2 Å². The molecule has 0 atom stereocenters. The number of fused-ring (bicyclic) bond motifs is 1. The molecule has 0 unspecified atom stereocenters. The smallest absolute Gasteiger partial charge is 0.278 e. The topological polar surface area (TPSA) is 68.3 Å². The Morgan fingerprint density at radius 1 is 0.900 bits per heavy atom. The summed E-state index contributed by atoms with van der Waals surface area (Å²) < 4.78 is 29.6. The van der Waals surface area contributed by atoms with E-state index in [9.17, 15) is 14.0 Å². The van der Waals surface area contributed by atoms with E-state index in [-0.39, 0.29) is 19.2 Å². The minimum atomic E-state index is -0.402. The SMILES string of the molecule is O=C1C(c2ccc(F)cc2)=C(N2CCOCC2)C(=O)N1Cc1ccc2c(c1)OCO2. The van der Waals surface area contributed by atoms with Gasteiger partial charge in [-0.25, -0.2) is 4.39 Å². The summed E-state index contributed by atoms with van der Waals surface area (Å²) in [5, 5.41) is 0. The molecule has 1 fully saturated rings. The average molecular weight is 410 g/mol. The minimum absolute atomic E-state index is 0.104. The first-order chi connectivity index (χ1) is 14.6. The standard InChI is InChI=1S/C22H19FN2O5/c23-16-4-2-15(3-5-16)19-20(24-7-9-28-10-8-24)22(27)25(21(19)26)12-14-1-6-17-18(11-14)30-13-29-17/h1-6,11H,7-10,12-13H2. The predicted octanol–water partition coefficient (Wildman–Crippen LogP) is 2.17. The van der Waals surface area contributed by atoms with Crippen LogP contribution in [0.25, 0.3) is 5.57 Å². The molecule has 3 aliphatic rings. The molecule has 7 nitrogen and oxygen atoms in total. The first-order valence-corrected chi connectivity index (χ1v) is 9.69. The number of amides is 2. The average Bonchev–Trinajstić information content (AvgIpc) is 3.33. The summed E-state index contributed by atoms with van der Waals surface area (Å²) in [6.45, 7) is 2.23. The first-order valence-electron chi connectivity index (χ1n) is 9.69. The molecule has 0 aromatic heterocycles. The maximum Gasteiger partial charge on any atom is 0.278 e. The van der Waals surface area contributed by atoms with Crippen molar-refractivity contribution in [1.82, 2.24) is 9.80 Å². The van der Waals surface area contributed by atoms with Gasteiger partial charge in [0.25, 0.3) is 11.8 Å². The van der Waals surface area contributed by atoms with Crippen LogP contribution in [0.2, 0.25) is 0 Å². The van der Waals surface area contributed by atoms with E-state index in [1.54, 1.807) is 18.2 Å². The van der Waals surface area contributed by atoms with Gasteiger partial charge in [-0.1, -0.05) is 18.2 Å². The molecular formula is C22H19FN2O5. The van der Waals surface area contributed by atoms with Gasteiger partial charge in [0.05, 0.1) is 25.3 Å². The summed E-state index contributed by atoms with van der Waals surface area (Å²) in [4.78, 5) is 29.8. The number of halogens is 1. The van der Waals surface area contributed by atoms with Crippen molar-refractivity contribution in [3.63, 3.8) is 0 Å². The molecule has 5 rings (SSSR count). The molecule has 0 radical (unpaired) electrons. The maximum atomic E-state index is 13.4. The van der Waals surface area contributed by atoms with Crippen LogP contribution in [0.4, 0.5) is 4.39 Å². The molecule has 0 bridgehead atoms. The Morgan fingerprint density at radius 2 is 1.63 bits per heavy atom. The van der Waals surface area contributed by atoms with Crippen LogP contribution >= 0.6 is 0 Å². The number of ether oxygens (including phenoxy) is 3. The maximum absolute atomic E-state index is 13.4. The molecule has 8 heteroatoms. The van der Waals surface area contributed by atoms with Crippen LogP contribution in [0.5, 0.6) is 11.5 Å². The van der Waals surface area contributed by atoms with Crippen molar-refractivity contribution in [1.29, 1.82) is 0 Å². The summed E-state index contributed by atoms with van der Waals surface area (Å²) in [5.41, 5.74) is 1.91. The van der Waals surface area contributed by atoms with Crippen molar-refractivity contribution < 1.29 is 28.2 Å². The Morgan fingerprint density at radius 3 is 2.40 bits per heavy atom. The summed E-state index contributed by atoms with van der Waals surface area (Å²) in [7, 11) is 0. The van der Waals surface area contributed by atoms with E-state index in [1.807, 2.05) is 4.90 Å². The molecule has 0 saturated carbocycles. The highest BCUT2D eigenvalue weighted by Crippen LogP contribution is 2.36. The van der Waals surface area contributed by atoms with Gasteiger partial charge in [0.2, 0.25) is 6.79 Å². The Bertz CT molecular complexity index is 1040. The summed E-state index contributed by atoms with van der Waals surface area (Å²) in [6.07, 6.45) is 0. The van der Waals surface area contributed by atoms with Gasteiger partial charge in [0.1, 0.15) is 11.5 Å². The predicted molar refractivity (Wildman–Crippen MR) is 104 cm³/mol. The summed E-state index contributed by atoms with van der Waals surface area (Å²) >= 11 is 0. The van der Waals surface area contributed by atoms with Gasteiger partial charge in [0, 0.05) is 13.1 Å². The third kappa shape index (κ3) is 3.19. The Hall–Kier alpha value is -3.39. The molecule has 154 valence electrons. The third-order valence-electron chi connectivity index (χ3n) is 5.38. The lowest BCUT2D eigenvalue weighted by molar-refractivity contribution is -0.138. The quantitative estimate of drug-likeness (QED) is 0.720. The van der Waals surface area contributed by atoms with Crippen molar-refractivity contribution in [3.05, 3.63) is 65.1 Å².